The van der Waals surface area contributed by atoms with Gasteiger partial charge in [0.15, 0.2) is 0 Å². The molecule has 1 rings (SSSR count). The minimum absolute atomic E-state index is 0.0620. The third-order valence-corrected chi connectivity index (χ3v) is 2.35. The molecule has 0 radical (unpaired) electrons. The summed E-state index contributed by atoms with van der Waals surface area (Å²) >= 11 is 0. The zero-order valence-corrected chi connectivity index (χ0v) is 9.57. The standard InChI is InChI=1S/C10H13FN4O2/c1-6-3-4-8(11)9(7(6)5-16)13-10(17)15(2)14-12/h3-4,12,16H,5H2,1-2H3,(H,13,17)/p+1. The van der Waals surface area contributed by atoms with E-state index in [-0.39, 0.29) is 12.3 Å². The van der Waals surface area contributed by atoms with E-state index in [2.05, 4.69) is 10.5 Å². The smallest absolute Gasteiger partial charge is 0.392 e. The van der Waals surface area contributed by atoms with Crippen molar-refractivity contribution in [2.24, 2.45) is 5.22 Å². The van der Waals surface area contributed by atoms with Gasteiger partial charge in [-0.15, -0.1) is 0 Å². The quantitative estimate of drug-likeness (QED) is 0.521. The predicted octanol–water partition coefficient (Wildman–Crippen LogP) is 0.216. The second kappa shape index (κ2) is 5.35. The van der Waals surface area contributed by atoms with Crippen molar-refractivity contribution in [1.82, 2.24) is 5.01 Å². The molecule has 0 fully saturated rings. The number of aliphatic hydroxyl groups excluding tert-OH is 1. The Labute approximate surface area is 97.5 Å². The highest BCUT2D eigenvalue weighted by atomic mass is 19.1. The van der Waals surface area contributed by atoms with Crippen LogP contribution in [-0.4, -0.2) is 23.2 Å². The molecule has 17 heavy (non-hydrogen) atoms. The first-order chi connectivity index (χ1) is 8.01. The Kier molecular flexibility index (Phi) is 4.11. The molecule has 0 saturated carbocycles. The van der Waals surface area contributed by atoms with E-state index in [1.807, 2.05) is 0 Å². The van der Waals surface area contributed by atoms with Crippen LogP contribution in [0.5, 0.6) is 0 Å². The number of anilines is 1. The Bertz CT molecular complexity index is 450. The fraction of sp³-hybridized carbons (Fsp3) is 0.300. The summed E-state index contributed by atoms with van der Waals surface area (Å²) in [5.41, 5.74) is 5.85. The van der Waals surface area contributed by atoms with Gasteiger partial charge >= 0.3 is 6.03 Å². The number of carbonyl (C=O) groups excluding carboxylic acids is 1. The molecule has 0 heterocycles. The molecule has 0 unspecified atom stereocenters. The highest BCUT2D eigenvalue weighted by Crippen LogP contribution is 2.23. The number of halogens is 1. The molecule has 92 valence electrons. The van der Waals surface area contributed by atoms with Gasteiger partial charge in [-0.05, 0) is 18.6 Å². The molecule has 0 spiro atoms. The number of benzene rings is 1. The number of urea groups is 1. The van der Waals surface area contributed by atoms with E-state index in [0.29, 0.717) is 11.1 Å². The summed E-state index contributed by atoms with van der Waals surface area (Å²) in [5.74, 6) is -0.626. The average Bonchev–Trinajstić information content (AvgIpc) is 2.33. The monoisotopic (exact) mass is 241 g/mol. The van der Waals surface area contributed by atoms with Crippen molar-refractivity contribution in [1.29, 1.82) is 0 Å². The van der Waals surface area contributed by atoms with Crippen molar-refractivity contribution in [3.63, 3.8) is 0 Å². The van der Waals surface area contributed by atoms with Gasteiger partial charge in [0, 0.05) is 5.56 Å². The predicted molar refractivity (Wildman–Crippen MR) is 58.2 cm³/mol. The van der Waals surface area contributed by atoms with Crippen molar-refractivity contribution in [3.05, 3.63) is 29.1 Å². The molecule has 0 atom stereocenters. The van der Waals surface area contributed by atoms with Crippen LogP contribution in [0.4, 0.5) is 14.9 Å². The summed E-state index contributed by atoms with van der Waals surface area (Å²) in [5, 5.41) is 15.4. The van der Waals surface area contributed by atoms with Crippen molar-refractivity contribution in [2.75, 3.05) is 12.4 Å². The number of amides is 2. The first-order valence-electron chi connectivity index (χ1n) is 4.85. The van der Waals surface area contributed by atoms with Gasteiger partial charge < -0.3 is 5.11 Å². The van der Waals surface area contributed by atoms with E-state index in [1.54, 1.807) is 6.92 Å². The third kappa shape index (κ3) is 2.76. The highest BCUT2D eigenvalue weighted by molar-refractivity contribution is 5.90. The molecule has 0 bridgehead atoms. The second-order valence-electron chi connectivity index (χ2n) is 3.45. The first kappa shape index (κ1) is 13.0. The van der Waals surface area contributed by atoms with Crippen LogP contribution < -0.4 is 10.8 Å². The number of nitrogens with two attached hydrogens (primary N) is 1. The summed E-state index contributed by atoms with van der Waals surface area (Å²) in [6.07, 6.45) is 0. The van der Waals surface area contributed by atoms with E-state index in [9.17, 15) is 9.18 Å². The number of aryl methyl sites for hydroxylation is 1. The van der Waals surface area contributed by atoms with Gasteiger partial charge in [0.1, 0.15) is 12.9 Å². The SMILES string of the molecule is Cc1ccc(F)c(NC(=O)N(C)N=[NH2+])c1CO. The summed E-state index contributed by atoms with van der Waals surface area (Å²) in [6.45, 7) is 1.33. The maximum atomic E-state index is 13.5. The molecule has 6 nitrogen and oxygen atoms in total. The number of nitrogens with zero attached hydrogens (tertiary/aromatic N) is 2. The summed E-state index contributed by atoms with van der Waals surface area (Å²) in [6, 6.07) is 2.05. The largest absolute Gasteiger partial charge is 0.433 e. The lowest BCUT2D eigenvalue weighted by molar-refractivity contribution is -0.248. The number of hydrogen-bond donors (Lipinski definition) is 3. The number of aliphatic hydroxyl groups is 1. The van der Waals surface area contributed by atoms with Crippen LogP contribution in [0.1, 0.15) is 11.1 Å². The third-order valence-electron chi connectivity index (χ3n) is 2.35. The summed E-state index contributed by atoms with van der Waals surface area (Å²) in [4.78, 5) is 11.5. The van der Waals surface area contributed by atoms with Gasteiger partial charge in [-0.25, -0.2) is 9.18 Å². The average molecular weight is 241 g/mol. The lowest BCUT2D eigenvalue weighted by atomic mass is 10.1. The molecule has 0 aromatic heterocycles. The van der Waals surface area contributed by atoms with Gasteiger partial charge in [-0.2, -0.15) is 5.53 Å². The van der Waals surface area contributed by atoms with E-state index in [1.165, 1.54) is 19.2 Å². The van der Waals surface area contributed by atoms with Crippen molar-refractivity contribution < 1.29 is 19.8 Å². The van der Waals surface area contributed by atoms with Crippen LogP contribution in [0, 0.1) is 12.7 Å². The van der Waals surface area contributed by atoms with Gasteiger partial charge in [-0.3, -0.25) is 5.32 Å². The van der Waals surface area contributed by atoms with Crippen LogP contribution in [-0.2, 0) is 6.61 Å². The van der Waals surface area contributed by atoms with E-state index in [4.69, 9.17) is 10.6 Å². The molecule has 4 N–H and O–H groups in total. The Morgan fingerprint density at radius 1 is 1.65 bits per heavy atom. The van der Waals surface area contributed by atoms with Crippen LogP contribution in [0.3, 0.4) is 0 Å². The summed E-state index contributed by atoms with van der Waals surface area (Å²) < 4.78 is 13.5. The lowest BCUT2D eigenvalue weighted by Crippen LogP contribution is -2.37. The molecule has 0 aliphatic rings. The Balaban J connectivity index is 3.09. The Morgan fingerprint density at radius 3 is 2.82 bits per heavy atom. The Hall–Kier alpha value is -2.02. The zero-order valence-electron chi connectivity index (χ0n) is 9.57. The fourth-order valence-corrected chi connectivity index (χ4v) is 1.30. The minimum atomic E-state index is -0.688. The molecule has 0 saturated heterocycles. The molecule has 7 heteroatoms. The highest BCUT2D eigenvalue weighted by Gasteiger charge is 2.19. The molecule has 0 aliphatic heterocycles. The minimum Gasteiger partial charge on any atom is -0.392 e. The van der Waals surface area contributed by atoms with E-state index >= 15 is 0 Å². The van der Waals surface area contributed by atoms with Gasteiger partial charge in [-0.1, -0.05) is 11.1 Å². The van der Waals surface area contributed by atoms with Crippen molar-refractivity contribution in [2.45, 2.75) is 13.5 Å². The lowest BCUT2D eigenvalue weighted by Gasteiger charge is -2.12. The topological polar surface area (TPSA) is 90.5 Å². The zero-order chi connectivity index (χ0) is 13.0. The Morgan fingerprint density at radius 2 is 2.29 bits per heavy atom. The van der Waals surface area contributed by atoms with E-state index in [0.717, 1.165) is 5.01 Å². The number of nitrogens with one attached hydrogen (secondary N) is 1. The van der Waals surface area contributed by atoms with Gasteiger partial charge in [0.25, 0.3) is 0 Å². The molecule has 1 aromatic carbocycles. The second-order valence-corrected chi connectivity index (χ2v) is 3.45. The first-order valence-corrected chi connectivity index (χ1v) is 4.85. The number of hydrogen-bond acceptors (Lipinski definition) is 3. The molecule has 2 amide bonds. The fourth-order valence-electron chi connectivity index (χ4n) is 1.30. The maximum Gasteiger partial charge on any atom is 0.433 e. The van der Waals surface area contributed by atoms with Gasteiger partial charge in [0.05, 0.1) is 17.5 Å². The summed E-state index contributed by atoms with van der Waals surface area (Å²) in [7, 11) is 1.32. The molecular weight excluding hydrogens is 227 g/mol. The van der Waals surface area contributed by atoms with Crippen LogP contribution >= 0.6 is 0 Å². The maximum absolute atomic E-state index is 13.5. The molecule has 0 aliphatic carbocycles. The number of carbonyl (C=O) groups is 1. The van der Waals surface area contributed by atoms with Crippen LogP contribution in [0.25, 0.3) is 0 Å². The van der Waals surface area contributed by atoms with E-state index < -0.39 is 11.8 Å². The molecular formula is C10H14FN4O2+. The van der Waals surface area contributed by atoms with Crippen LogP contribution in [0.15, 0.2) is 17.4 Å². The molecule has 1 aromatic rings. The van der Waals surface area contributed by atoms with Gasteiger partial charge in [0.2, 0.25) is 0 Å². The normalized spacial score (nSPS) is 9.88. The van der Waals surface area contributed by atoms with Crippen molar-refractivity contribution in [3.8, 4) is 0 Å². The number of rotatable bonds is 3. The van der Waals surface area contributed by atoms with Crippen LogP contribution in [0.2, 0.25) is 0 Å². The van der Waals surface area contributed by atoms with Crippen molar-refractivity contribution >= 4 is 11.7 Å².